The van der Waals surface area contributed by atoms with E-state index in [4.69, 9.17) is 4.74 Å². The zero-order chi connectivity index (χ0) is 23.8. The van der Waals surface area contributed by atoms with Crippen molar-refractivity contribution < 1.29 is 14.3 Å². The summed E-state index contributed by atoms with van der Waals surface area (Å²) in [5.74, 6) is 3.73. The van der Waals surface area contributed by atoms with Gasteiger partial charge in [-0.25, -0.2) is 4.79 Å². The summed E-state index contributed by atoms with van der Waals surface area (Å²) in [7, 11) is 0. The van der Waals surface area contributed by atoms with E-state index in [0.29, 0.717) is 37.4 Å². The highest BCUT2D eigenvalue weighted by molar-refractivity contribution is 5.90. The summed E-state index contributed by atoms with van der Waals surface area (Å²) in [4.78, 5) is 33.3. The van der Waals surface area contributed by atoms with Gasteiger partial charge in [-0.2, -0.15) is 0 Å². The number of anilines is 1. The Morgan fingerprint density at radius 1 is 1.00 bits per heavy atom. The second-order valence-corrected chi connectivity index (χ2v) is 10.9. The molecular weight excluding hydrogens is 440 g/mol. The third-order valence-electron chi connectivity index (χ3n) is 8.55. The fourth-order valence-corrected chi connectivity index (χ4v) is 6.52. The van der Waals surface area contributed by atoms with Crippen LogP contribution < -0.4 is 10.1 Å². The fraction of sp³-hybridized carbons (Fsp3) is 0.536. The third-order valence-corrected chi connectivity index (χ3v) is 8.55. The summed E-state index contributed by atoms with van der Waals surface area (Å²) < 4.78 is 6.15. The number of nitrogens with one attached hydrogen (secondary N) is 1. The van der Waals surface area contributed by atoms with E-state index in [1.807, 2.05) is 46.3 Å². The van der Waals surface area contributed by atoms with E-state index in [0.717, 1.165) is 42.7 Å². The van der Waals surface area contributed by atoms with Gasteiger partial charge in [0.2, 0.25) is 5.91 Å². The van der Waals surface area contributed by atoms with Crippen LogP contribution in [-0.4, -0.2) is 59.0 Å². The predicted molar refractivity (Wildman–Crippen MR) is 133 cm³/mol. The van der Waals surface area contributed by atoms with Crippen molar-refractivity contribution in [2.45, 2.75) is 50.5 Å². The molecule has 7 heteroatoms. The van der Waals surface area contributed by atoms with Gasteiger partial charge >= 0.3 is 6.03 Å². The normalized spacial score (nSPS) is 27.7. The van der Waals surface area contributed by atoms with E-state index in [1.54, 1.807) is 6.20 Å². The van der Waals surface area contributed by atoms with Gasteiger partial charge in [-0.15, -0.1) is 0 Å². The number of urea groups is 1. The minimum atomic E-state index is -0.0840. The molecule has 2 aliphatic carbocycles. The first-order valence-corrected chi connectivity index (χ1v) is 13.1. The van der Waals surface area contributed by atoms with E-state index in [1.165, 1.54) is 31.2 Å². The Kier molecular flexibility index (Phi) is 6.08. The molecule has 4 unspecified atom stereocenters. The molecule has 0 spiro atoms. The number of fused-ring (bicyclic) bond motifs is 2. The summed E-state index contributed by atoms with van der Waals surface area (Å²) in [6.07, 6.45) is 10.6. The van der Waals surface area contributed by atoms with E-state index < -0.39 is 0 Å². The zero-order valence-corrected chi connectivity index (χ0v) is 20.1. The van der Waals surface area contributed by atoms with Gasteiger partial charge in [0.15, 0.2) is 0 Å². The Balaban J connectivity index is 0.940. The highest BCUT2D eigenvalue weighted by Gasteiger charge is 2.41. The quantitative estimate of drug-likeness (QED) is 0.668. The van der Waals surface area contributed by atoms with Crippen molar-refractivity contribution >= 4 is 17.6 Å². The molecule has 7 nitrogen and oxygen atoms in total. The summed E-state index contributed by atoms with van der Waals surface area (Å²) in [6.45, 7) is 2.87. The van der Waals surface area contributed by atoms with Gasteiger partial charge in [0.1, 0.15) is 11.9 Å². The average molecular weight is 475 g/mol. The van der Waals surface area contributed by atoms with Crippen LogP contribution in [0.5, 0.6) is 5.75 Å². The second-order valence-electron chi connectivity index (χ2n) is 10.9. The van der Waals surface area contributed by atoms with Gasteiger partial charge < -0.3 is 19.9 Å². The first kappa shape index (κ1) is 22.4. The van der Waals surface area contributed by atoms with Crippen LogP contribution in [0.1, 0.15) is 50.0 Å². The molecule has 2 aromatic rings. The van der Waals surface area contributed by atoms with Crippen LogP contribution in [0, 0.1) is 17.8 Å². The molecule has 4 aliphatic rings. The number of carbonyl (C=O) groups excluding carboxylic acids is 2. The second kappa shape index (κ2) is 9.51. The van der Waals surface area contributed by atoms with Crippen molar-refractivity contribution in [3.05, 3.63) is 54.4 Å². The van der Waals surface area contributed by atoms with E-state index in [-0.39, 0.29) is 12.1 Å². The maximum Gasteiger partial charge on any atom is 0.321 e. The van der Waals surface area contributed by atoms with Crippen LogP contribution in [-0.2, 0) is 4.79 Å². The predicted octanol–water partition coefficient (Wildman–Crippen LogP) is 4.52. The van der Waals surface area contributed by atoms with Crippen LogP contribution in [0.4, 0.5) is 10.5 Å². The van der Waals surface area contributed by atoms with Crippen molar-refractivity contribution in [1.82, 2.24) is 14.8 Å². The Morgan fingerprint density at radius 2 is 1.86 bits per heavy atom. The van der Waals surface area contributed by atoms with Crippen LogP contribution in [0.25, 0.3) is 0 Å². The number of amides is 3. The molecule has 1 N–H and O–H groups in total. The number of pyridine rings is 1. The highest BCUT2D eigenvalue weighted by Crippen LogP contribution is 2.49. The van der Waals surface area contributed by atoms with Gasteiger partial charge in [-0.3, -0.25) is 9.78 Å². The Hall–Kier alpha value is -3.09. The van der Waals surface area contributed by atoms with Crippen molar-refractivity contribution in [2.24, 2.45) is 17.8 Å². The molecule has 35 heavy (non-hydrogen) atoms. The largest absolute Gasteiger partial charge is 0.489 e. The number of ether oxygens (including phenoxy) is 1. The van der Waals surface area contributed by atoms with Gasteiger partial charge in [-0.05, 0) is 72.9 Å². The van der Waals surface area contributed by atoms with Crippen molar-refractivity contribution in [1.29, 1.82) is 0 Å². The van der Waals surface area contributed by atoms with Gasteiger partial charge in [0.25, 0.3) is 0 Å². The SMILES string of the molecule is O=C(CC1CC2CCC1C2)N1CCC(Oc2ccc(NC(=O)N3CC(c4cccnc4)C3)cc2)C1. The molecule has 3 amide bonds. The molecule has 4 fully saturated rings. The molecule has 4 atom stereocenters. The average Bonchev–Trinajstić information content (AvgIpc) is 3.58. The van der Waals surface area contributed by atoms with E-state index in [9.17, 15) is 9.59 Å². The number of hydrogen-bond acceptors (Lipinski definition) is 4. The molecule has 3 heterocycles. The third kappa shape index (κ3) is 4.86. The summed E-state index contributed by atoms with van der Waals surface area (Å²) in [6, 6.07) is 11.4. The van der Waals surface area contributed by atoms with E-state index >= 15 is 0 Å². The maximum atomic E-state index is 12.8. The van der Waals surface area contributed by atoms with Crippen LogP contribution in [0.2, 0.25) is 0 Å². The minimum Gasteiger partial charge on any atom is -0.489 e. The first-order valence-electron chi connectivity index (χ1n) is 13.1. The number of nitrogens with zero attached hydrogens (tertiary/aromatic N) is 3. The summed E-state index contributed by atoms with van der Waals surface area (Å²) in [5.41, 5.74) is 1.93. The number of rotatable bonds is 6. The number of likely N-dealkylation sites (tertiary alicyclic amines) is 2. The lowest BCUT2D eigenvalue weighted by Gasteiger charge is -2.39. The molecule has 1 aromatic heterocycles. The molecule has 1 aromatic carbocycles. The molecule has 2 aliphatic heterocycles. The van der Waals surface area contributed by atoms with Crippen molar-refractivity contribution in [3.8, 4) is 5.75 Å². The van der Waals surface area contributed by atoms with Crippen LogP contribution >= 0.6 is 0 Å². The van der Waals surface area contributed by atoms with E-state index in [2.05, 4.69) is 16.4 Å². The maximum absolute atomic E-state index is 12.8. The first-order chi connectivity index (χ1) is 17.1. The van der Waals surface area contributed by atoms with Gasteiger partial charge in [0.05, 0.1) is 6.54 Å². The molecule has 6 rings (SSSR count). The molecule has 2 saturated carbocycles. The lowest BCUT2D eigenvalue weighted by Crippen LogP contribution is -2.50. The number of benzene rings is 1. The van der Waals surface area contributed by atoms with Crippen molar-refractivity contribution in [2.75, 3.05) is 31.5 Å². The Morgan fingerprint density at radius 3 is 2.57 bits per heavy atom. The fourth-order valence-electron chi connectivity index (χ4n) is 6.52. The Labute approximate surface area is 206 Å². The lowest BCUT2D eigenvalue weighted by molar-refractivity contribution is -0.131. The number of hydrogen-bond donors (Lipinski definition) is 1. The molecule has 2 saturated heterocycles. The van der Waals surface area contributed by atoms with Crippen LogP contribution in [0.15, 0.2) is 48.8 Å². The molecule has 184 valence electrons. The monoisotopic (exact) mass is 474 g/mol. The van der Waals surface area contributed by atoms with Gasteiger partial charge in [0, 0.05) is 56.5 Å². The van der Waals surface area contributed by atoms with Crippen molar-refractivity contribution in [3.63, 3.8) is 0 Å². The zero-order valence-electron chi connectivity index (χ0n) is 20.1. The smallest absolute Gasteiger partial charge is 0.321 e. The molecular formula is C28H34N4O3. The number of aromatic nitrogens is 1. The van der Waals surface area contributed by atoms with Gasteiger partial charge in [-0.1, -0.05) is 12.5 Å². The topological polar surface area (TPSA) is 74.8 Å². The lowest BCUT2D eigenvalue weighted by atomic mass is 9.86. The number of carbonyl (C=O) groups is 2. The van der Waals surface area contributed by atoms with Crippen LogP contribution in [0.3, 0.4) is 0 Å². The highest BCUT2D eigenvalue weighted by atomic mass is 16.5. The minimum absolute atomic E-state index is 0.0323. The molecule has 2 bridgehead atoms. The summed E-state index contributed by atoms with van der Waals surface area (Å²) >= 11 is 0. The Bertz CT molecular complexity index is 1050. The standard InChI is InChI=1S/C28H34N4O3/c33-27(14-22-13-19-3-4-20(22)12-19)31-11-9-26(18-31)35-25-7-5-24(6-8-25)30-28(34)32-16-23(17-32)21-2-1-10-29-15-21/h1-2,5-8,10,15,19-20,22-23,26H,3-4,9,11-14,16-18H2,(H,30,34). The molecule has 0 radical (unpaired) electrons. The summed E-state index contributed by atoms with van der Waals surface area (Å²) in [5, 5.41) is 2.97.